The maximum Gasteiger partial charge on any atom is 0.223 e. The van der Waals surface area contributed by atoms with Crippen molar-refractivity contribution >= 4 is 23.4 Å². The van der Waals surface area contributed by atoms with Gasteiger partial charge in [0.1, 0.15) is 11.0 Å². The van der Waals surface area contributed by atoms with E-state index in [0.717, 1.165) is 0 Å². The molecule has 0 fully saturated rings. The topological polar surface area (TPSA) is 84.1 Å². The Hall–Kier alpha value is -1.07. The Morgan fingerprint density at radius 2 is 2.36 bits per heavy atom. The summed E-state index contributed by atoms with van der Waals surface area (Å²) in [6.07, 6.45) is 0.304. The molecule has 1 unspecified atom stereocenters. The molecule has 0 amide bonds. The van der Waals surface area contributed by atoms with Gasteiger partial charge in [0.15, 0.2) is 0 Å². The summed E-state index contributed by atoms with van der Waals surface area (Å²) in [7, 11) is 0. The average Bonchev–Trinajstić information content (AvgIpc) is 2.01. The standard InChI is InChI=1S/C8H13ClN4O/c1-5(14)2-3-11-7-4-6(9)12-8(10)13-7/h4-5,14H,2-3H2,1H3,(H3,10,11,12,13). The van der Waals surface area contributed by atoms with Crippen molar-refractivity contribution in [2.45, 2.75) is 19.4 Å². The molecule has 6 heteroatoms. The van der Waals surface area contributed by atoms with Crippen molar-refractivity contribution in [3.8, 4) is 0 Å². The van der Waals surface area contributed by atoms with Gasteiger partial charge in [0.25, 0.3) is 0 Å². The van der Waals surface area contributed by atoms with Gasteiger partial charge in [-0.25, -0.2) is 4.98 Å². The maximum atomic E-state index is 9.02. The monoisotopic (exact) mass is 216 g/mol. The van der Waals surface area contributed by atoms with Crippen molar-refractivity contribution < 1.29 is 5.11 Å². The first kappa shape index (κ1) is 11.0. The fourth-order valence-electron chi connectivity index (χ4n) is 0.935. The number of hydrogen-bond donors (Lipinski definition) is 3. The zero-order chi connectivity index (χ0) is 10.6. The number of rotatable bonds is 4. The minimum atomic E-state index is -0.336. The van der Waals surface area contributed by atoms with Gasteiger partial charge in [-0.15, -0.1) is 0 Å². The lowest BCUT2D eigenvalue weighted by Gasteiger charge is -2.07. The van der Waals surface area contributed by atoms with Gasteiger partial charge in [-0.1, -0.05) is 11.6 Å². The molecule has 0 aromatic carbocycles. The fourth-order valence-corrected chi connectivity index (χ4v) is 1.12. The van der Waals surface area contributed by atoms with Crippen LogP contribution in [0.2, 0.25) is 5.15 Å². The molecule has 0 spiro atoms. The lowest BCUT2D eigenvalue weighted by atomic mass is 10.3. The molecule has 0 aliphatic rings. The van der Waals surface area contributed by atoms with Crippen molar-refractivity contribution in [3.05, 3.63) is 11.2 Å². The highest BCUT2D eigenvalue weighted by Crippen LogP contribution is 2.12. The minimum Gasteiger partial charge on any atom is -0.393 e. The van der Waals surface area contributed by atoms with Gasteiger partial charge in [0.05, 0.1) is 6.10 Å². The van der Waals surface area contributed by atoms with Gasteiger partial charge in [-0.05, 0) is 13.3 Å². The number of nitrogens with two attached hydrogens (primary N) is 1. The second-order valence-electron chi connectivity index (χ2n) is 3.00. The predicted octanol–water partition coefficient (Wildman–Crippen LogP) is 0.895. The molecule has 0 aliphatic heterocycles. The average molecular weight is 217 g/mol. The number of hydrogen-bond acceptors (Lipinski definition) is 5. The molecular weight excluding hydrogens is 204 g/mol. The Kier molecular flexibility index (Phi) is 3.91. The number of anilines is 2. The van der Waals surface area contributed by atoms with Crippen molar-refractivity contribution in [2.75, 3.05) is 17.6 Å². The first-order valence-electron chi connectivity index (χ1n) is 4.30. The second-order valence-corrected chi connectivity index (χ2v) is 3.39. The summed E-state index contributed by atoms with van der Waals surface area (Å²) in [6, 6.07) is 1.58. The van der Waals surface area contributed by atoms with E-state index >= 15 is 0 Å². The zero-order valence-electron chi connectivity index (χ0n) is 7.87. The summed E-state index contributed by atoms with van der Waals surface area (Å²) in [5, 5.41) is 12.3. The van der Waals surface area contributed by atoms with Crippen molar-refractivity contribution in [2.24, 2.45) is 0 Å². The molecule has 0 bridgehead atoms. The van der Waals surface area contributed by atoms with Crippen molar-refractivity contribution in [1.82, 2.24) is 9.97 Å². The number of nitrogens with zero attached hydrogens (tertiary/aromatic N) is 2. The van der Waals surface area contributed by atoms with Crippen LogP contribution in [0.15, 0.2) is 6.07 Å². The second kappa shape index (κ2) is 4.97. The zero-order valence-corrected chi connectivity index (χ0v) is 8.62. The van der Waals surface area contributed by atoms with E-state index in [2.05, 4.69) is 15.3 Å². The largest absolute Gasteiger partial charge is 0.393 e. The van der Waals surface area contributed by atoms with Gasteiger partial charge in [-0.3, -0.25) is 0 Å². The van der Waals surface area contributed by atoms with Crippen LogP contribution in [-0.2, 0) is 0 Å². The van der Waals surface area contributed by atoms with E-state index in [1.54, 1.807) is 13.0 Å². The molecule has 1 heterocycles. The number of aliphatic hydroxyl groups excluding tert-OH is 1. The molecule has 1 aromatic heterocycles. The maximum absolute atomic E-state index is 9.02. The van der Waals surface area contributed by atoms with Crippen molar-refractivity contribution in [3.63, 3.8) is 0 Å². The summed E-state index contributed by atoms with van der Waals surface area (Å²) in [5.74, 6) is 0.709. The summed E-state index contributed by atoms with van der Waals surface area (Å²) in [6.45, 7) is 2.34. The molecule has 4 N–H and O–H groups in total. The summed E-state index contributed by atoms with van der Waals surface area (Å²) in [4.78, 5) is 7.64. The van der Waals surface area contributed by atoms with E-state index in [1.165, 1.54) is 0 Å². The number of halogens is 1. The van der Waals surface area contributed by atoms with E-state index in [-0.39, 0.29) is 12.1 Å². The van der Waals surface area contributed by atoms with Gasteiger partial charge in [0, 0.05) is 12.6 Å². The van der Waals surface area contributed by atoms with Crippen LogP contribution in [0.5, 0.6) is 0 Å². The fraction of sp³-hybridized carbons (Fsp3) is 0.500. The highest BCUT2D eigenvalue weighted by atomic mass is 35.5. The van der Waals surface area contributed by atoms with Crippen LogP contribution < -0.4 is 11.1 Å². The van der Waals surface area contributed by atoms with Gasteiger partial charge in [0.2, 0.25) is 5.95 Å². The van der Waals surface area contributed by atoms with E-state index in [4.69, 9.17) is 22.4 Å². The van der Waals surface area contributed by atoms with Crippen LogP contribution in [0.4, 0.5) is 11.8 Å². The minimum absolute atomic E-state index is 0.136. The molecule has 14 heavy (non-hydrogen) atoms. The van der Waals surface area contributed by atoms with E-state index in [9.17, 15) is 0 Å². The Morgan fingerprint density at radius 1 is 1.64 bits per heavy atom. The Morgan fingerprint density at radius 3 is 2.93 bits per heavy atom. The summed E-state index contributed by atoms with van der Waals surface area (Å²) < 4.78 is 0. The van der Waals surface area contributed by atoms with E-state index in [1.807, 2.05) is 0 Å². The first-order valence-corrected chi connectivity index (χ1v) is 4.67. The van der Waals surface area contributed by atoms with Crippen LogP contribution in [-0.4, -0.2) is 27.7 Å². The molecule has 5 nitrogen and oxygen atoms in total. The Bertz CT molecular complexity index is 285. The molecule has 1 atom stereocenters. The van der Waals surface area contributed by atoms with Crippen LogP contribution in [0, 0.1) is 0 Å². The number of aromatic nitrogens is 2. The van der Waals surface area contributed by atoms with E-state index < -0.39 is 0 Å². The molecule has 0 radical (unpaired) electrons. The third-order valence-corrected chi connectivity index (χ3v) is 1.77. The SMILES string of the molecule is CC(O)CCNc1cc(Cl)nc(N)n1. The van der Waals surface area contributed by atoms with Crippen molar-refractivity contribution in [1.29, 1.82) is 0 Å². The van der Waals surface area contributed by atoms with Gasteiger partial charge < -0.3 is 16.2 Å². The third-order valence-electron chi connectivity index (χ3n) is 1.58. The highest BCUT2D eigenvalue weighted by molar-refractivity contribution is 6.29. The third kappa shape index (κ3) is 3.76. The summed E-state index contributed by atoms with van der Waals surface area (Å²) >= 11 is 5.67. The lowest BCUT2D eigenvalue weighted by molar-refractivity contribution is 0.188. The molecular formula is C8H13ClN4O. The normalized spacial score (nSPS) is 12.5. The Labute approximate surface area is 87.3 Å². The van der Waals surface area contributed by atoms with Crippen LogP contribution in [0.1, 0.15) is 13.3 Å². The van der Waals surface area contributed by atoms with Gasteiger partial charge >= 0.3 is 0 Å². The van der Waals surface area contributed by atoms with E-state index in [0.29, 0.717) is 23.9 Å². The molecule has 0 saturated carbocycles. The van der Waals surface area contributed by atoms with Crippen LogP contribution >= 0.6 is 11.6 Å². The molecule has 0 aliphatic carbocycles. The number of nitrogen functional groups attached to an aromatic ring is 1. The molecule has 0 saturated heterocycles. The van der Waals surface area contributed by atoms with Crippen LogP contribution in [0.25, 0.3) is 0 Å². The molecule has 78 valence electrons. The first-order chi connectivity index (χ1) is 6.58. The summed E-state index contributed by atoms with van der Waals surface area (Å²) in [5.41, 5.74) is 5.39. The van der Waals surface area contributed by atoms with Crippen LogP contribution in [0.3, 0.4) is 0 Å². The smallest absolute Gasteiger partial charge is 0.223 e. The molecule has 1 aromatic rings. The quantitative estimate of drug-likeness (QED) is 0.652. The lowest BCUT2D eigenvalue weighted by Crippen LogP contribution is -2.11. The number of aliphatic hydroxyl groups is 1. The number of nitrogens with one attached hydrogen (secondary N) is 1. The van der Waals surface area contributed by atoms with Gasteiger partial charge in [-0.2, -0.15) is 4.98 Å². The highest BCUT2D eigenvalue weighted by Gasteiger charge is 2.00. The molecule has 1 rings (SSSR count). The Balaban J connectivity index is 2.50. The predicted molar refractivity (Wildman–Crippen MR) is 56.2 cm³/mol.